The van der Waals surface area contributed by atoms with Crippen LogP contribution < -0.4 is 10.6 Å². The van der Waals surface area contributed by atoms with E-state index in [0.29, 0.717) is 19.0 Å². The van der Waals surface area contributed by atoms with Crippen molar-refractivity contribution in [3.8, 4) is 0 Å². The first kappa shape index (κ1) is 11.7. The topological polar surface area (TPSA) is 67.2 Å². The van der Waals surface area contributed by atoms with Gasteiger partial charge in [0, 0.05) is 6.54 Å². The molecule has 0 spiro atoms. The van der Waals surface area contributed by atoms with Gasteiger partial charge in [0.05, 0.1) is 18.8 Å². The van der Waals surface area contributed by atoms with Gasteiger partial charge in [-0.25, -0.2) is 4.98 Å². The molecule has 0 saturated carbocycles. The molecule has 1 heterocycles. The Hall–Kier alpha value is -1.36. The second kappa shape index (κ2) is 5.50. The quantitative estimate of drug-likeness (QED) is 0.745. The summed E-state index contributed by atoms with van der Waals surface area (Å²) < 4.78 is 5.35. The highest BCUT2D eigenvalue weighted by molar-refractivity contribution is 5.77. The first-order valence-electron chi connectivity index (χ1n) is 5.03. The molecule has 0 saturated heterocycles. The van der Waals surface area contributed by atoms with E-state index in [1.807, 2.05) is 20.8 Å². The van der Waals surface area contributed by atoms with E-state index in [-0.39, 0.29) is 12.5 Å². The third-order valence-corrected chi connectivity index (χ3v) is 2.01. The van der Waals surface area contributed by atoms with Crippen LogP contribution in [0.1, 0.15) is 24.3 Å². The average Bonchev–Trinajstić information content (AvgIpc) is 2.46. The molecule has 1 aromatic heterocycles. The lowest BCUT2D eigenvalue weighted by Gasteiger charge is -2.01. The van der Waals surface area contributed by atoms with Crippen LogP contribution in [0.5, 0.6) is 0 Å². The SMILES string of the molecule is CCNC(=O)CNCc1nc(C)c(C)o1. The molecule has 1 rings (SSSR count). The summed E-state index contributed by atoms with van der Waals surface area (Å²) in [7, 11) is 0. The zero-order valence-corrected chi connectivity index (χ0v) is 9.39. The number of carbonyl (C=O) groups is 1. The van der Waals surface area contributed by atoms with Crippen molar-refractivity contribution in [3.05, 3.63) is 17.3 Å². The fourth-order valence-electron chi connectivity index (χ4n) is 1.16. The number of aromatic nitrogens is 1. The van der Waals surface area contributed by atoms with Crippen LogP contribution in [0, 0.1) is 13.8 Å². The van der Waals surface area contributed by atoms with Crippen molar-refractivity contribution in [1.29, 1.82) is 0 Å². The Balaban J connectivity index is 2.28. The predicted octanol–water partition coefficient (Wildman–Crippen LogP) is 0.517. The van der Waals surface area contributed by atoms with E-state index in [9.17, 15) is 4.79 Å². The van der Waals surface area contributed by atoms with E-state index in [1.54, 1.807) is 0 Å². The van der Waals surface area contributed by atoms with Crippen molar-refractivity contribution in [2.45, 2.75) is 27.3 Å². The number of rotatable bonds is 5. The molecule has 0 bridgehead atoms. The molecule has 0 atom stereocenters. The minimum atomic E-state index is -0.0162. The van der Waals surface area contributed by atoms with Crippen LogP contribution >= 0.6 is 0 Å². The standard InChI is InChI=1S/C10H17N3O2/c1-4-12-9(14)5-11-6-10-13-7(2)8(3)15-10/h11H,4-6H2,1-3H3,(H,12,14). The number of nitrogens with one attached hydrogen (secondary N) is 2. The molecule has 0 aliphatic carbocycles. The molecule has 15 heavy (non-hydrogen) atoms. The van der Waals surface area contributed by atoms with Gasteiger partial charge in [0.2, 0.25) is 11.8 Å². The Labute approximate surface area is 89.3 Å². The summed E-state index contributed by atoms with van der Waals surface area (Å²) in [5, 5.41) is 5.65. The summed E-state index contributed by atoms with van der Waals surface area (Å²) in [6.45, 7) is 7.07. The normalized spacial score (nSPS) is 10.3. The molecule has 1 aromatic rings. The van der Waals surface area contributed by atoms with Gasteiger partial charge in [-0.3, -0.25) is 10.1 Å². The molecule has 5 heteroatoms. The Kier molecular flexibility index (Phi) is 4.30. The number of nitrogens with zero attached hydrogens (tertiary/aromatic N) is 1. The molecule has 1 amide bonds. The summed E-state index contributed by atoms with van der Waals surface area (Å²) in [6.07, 6.45) is 0. The van der Waals surface area contributed by atoms with Crippen molar-refractivity contribution in [2.75, 3.05) is 13.1 Å². The number of oxazole rings is 1. The van der Waals surface area contributed by atoms with E-state index < -0.39 is 0 Å². The van der Waals surface area contributed by atoms with Gasteiger partial charge in [0.15, 0.2) is 0 Å². The molecule has 5 nitrogen and oxygen atoms in total. The van der Waals surface area contributed by atoms with Crippen LogP contribution in [-0.4, -0.2) is 24.0 Å². The molecule has 0 radical (unpaired) electrons. The summed E-state index contributed by atoms with van der Waals surface area (Å²) >= 11 is 0. The zero-order valence-electron chi connectivity index (χ0n) is 9.39. The maximum atomic E-state index is 11.1. The molecule has 0 unspecified atom stereocenters. The van der Waals surface area contributed by atoms with Crippen LogP contribution in [0.2, 0.25) is 0 Å². The van der Waals surface area contributed by atoms with Gasteiger partial charge < -0.3 is 9.73 Å². The molecular weight excluding hydrogens is 194 g/mol. The van der Waals surface area contributed by atoms with E-state index in [4.69, 9.17) is 4.42 Å². The molecule has 0 fully saturated rings. The first-order chi connectivity index (χ1) is 7.13. The van der Waals surface area contributed by atoms with Gasteiger partial charge in [-0.1, -0.05) is 0 Å². The highest BCUT2D eigenvalue weighted by Crippen LogP contribution is 2.07. The Morgan fingerprint density at radius 1 is 1.47 bits per heavy atom. The molecule has 2 N–H and O–H groups in total. The number of likely N-dealkylation sites (N-methyl/N-ethyl adjacent to an activating group) is 1. The molecular formula is C10H17N3O2. The fraction of sp³-hybridized carbons (Fsp3) is 0.600. The number of aryl methyl sites for hydroxylation is 2. The number of amides is 1. The van der Waals surface area contributed by atoms with Crippen LogP contribution in [0.25, 0.3) is 0 Å². The Bertz CT molecular complexity index is 314. The third kappa shape index (κ3) is 3.71. The van der Waals surface area contributed by atoms with Crippen LogP contribution in [0.3, 0.4) is 0 Å². The largest absolute Gasteiger partial charge is 0.444 e. The smallest absolute Gasteiger partial charge is 0.233 e. The Morgan fingerprint density at radius 3 is 2.73 bits per heavy atom. The summed E-state index contributed by atoms with van der Waals surface area (Å²) in [6, 6.07) is 0. The monoisotopic (exact) mass is 211 g/mol. The highest BCUT2D eigenvalue weighted by atomic mass is 16.4. The summed E-state index contributed by atoms with van der Waals surface area (Å²) in [5.41, 5.74) is 0.893. The van der Waals surface area contributed by atoms with Crippen LogP contribution in [0.4, 0.5) is 0 Å². The molecule has 84 valence electrons. The van der Waals surface area contributed by atoms with Gasteiger partial charge in [-0.05, 0) is 20.8 Å². The van der Waals surface area contributed by atoms with Crippen molar-refractivity contribution in [1.82, 2.24) is 15.6 Å². The lowest BCUT2D eigenvalue weighted by molar-refractivity contribution is -0.120. The number of hydrogen-bond acceptors (Lipinski definition) is 4. The van der Waals surface area contributed by atoms with E-state index in [1.165, 1.54) is 0 Å². The minimum absolute atomic E-state index is 0.0162. The lowest BCUT2D eigenvalue weighted by atomic mass is 10.4. The van der Waals surface area contributed by atoms with Gasteiger partial charge in [-0.2, -0.15) is 0 Å². The van der Waals surface area contributed by atoms with E-state index in [0.717, 1.165) is 11.5 Å². The van der Waals surface area contributed by atoms with Gasteiger partial charge >= 0.3 is 0 Å². The maximum absolute atomic E-state index is 11.1. The van der Waals surface area contributed by atoms with Crippen molar-refractivity contribution < 1.29 is 9.21 Å². The zero-order chi connectivity index (χ0) is 11.3. The molecule has 0 aromatic carbocycles. The average molecular weight is 211 g/mol. The van der Waals surface area contributed by atoms with Gasteiger partial charge in [0.1, 0.15) is 5.76 Å². The second-order valence-electron chi connectivity index (χ2n) is 3.31. The van der Waals surface area contributed by atoms with Crippen LogP contribution in [-0.2, 0) is 11.3 Å². The number of carbonyl (C=O) groups excluding carboxylic acids is 1. The van der Waals surface area contributed by atoms with E-state index in [2.05, 4.69) is 15.6 Å². The summed E-state index contributed by atoms with van der Waals surface area (Å²) in [4.78, 5) is 15.3. The van der Waals surface area contributed by atoms with Crippen molar-refractivity contribution in [3.63, 3.8) is 0 Å². The second-order valence-corrected chi connectivity index (χ2v) is 3.31. The van der Waals surface area contributed by atoms with Crippen LogP contribution in [0.15, 0.2) is 4.42 Å². The molecule has 0 aliphatic heterocycles. The van der Waals surface area contributed by atoms with Crippen molar-refractivity contribution >= 4 is 5.91 Å². The number of hydrogen-bond donors (Lipinski definition) is 2. The third-order valence-electron chi connectivity index (χ3n) is 2.01. The van der Waals surface area contributed by atoms with Gasteiger partial charge in [-0.15, -0.1) is 0 Å². The Morgan fingerprint density at radius 2 is 2.20 bits per heavy atom. The fourth-order valence-corrected chi connectivity index (χ4v) is 1.16. The minimum Gasteiger partial charge on any atom is -0.444 e. The molecule has 0 aliphatic rings. The van der Waals surface area contributed by atoms with Gasteiger partial charge in [0.25, 0.3) is 0 Å². The maximum Gasteiger partial charge on any atom is 0.233 e. The summed E-state index contributed by atoms with van der Waals surface area (Å²) in [5.74, 6) is 1.43. The predicted molar refractivity (Wildman–Crippen MR) is 56.4 cm³/mol. The lowest BCUT2D eigenvalue weighted by Crippen LogP contribution is -2.33. The highest BCUT2D eigenvalue weighted by Gasteiger charge is 2.05. The van der Waals surface area contributed by atoms with E-state index >= 15 is 0 Å². The van der Waals surface area contributed by atoms with Crippen molar-refractivity contribution in [2.24, 2.45) is 0 Å². The first-order valence-corrected chi connectivity index (χ1v) is 5.03.